The number of anilines is 2. The molecule has 1 heterocycles. The molecule has 1 fully saturated rings. The van der Waals surface area contributed by atoms with Gasteiger partial charge >= 0.3 is 0 Å². The van der Waals surface area contributed by atoms with Crippen LogP contribution in [0.5, 0.6) is 0 Å². The molecule has 1 aromatic rings. The van der Waals surface area contributed by atoms with Gasteiger partial charge in [0.1, 0.15) is 0 Å². The van der Waals surface area contributed by atoms with Gasteiger partial charge in [-0.1, -0.05) is 18.5 Å². The van der Waals surface area contributed by atoms with Gasteiger partial charge in [0.2, 0.25) is 11.8 Å². The van der Waals surface area contributed by atoms with Gasteiger partial charge in [0.05, 0.1) is 10.7 Å². The van der Waals surface area contributed by atoms with Crippen molar-refractivity contribution in [3.8, 4) is 0 Å². The minimum Gasteiger partial charge on any atom is -0.397 e. The molecule has 1 aliphatic rings. The van der Waals surface area contributed by atoms with Gasteiger partial charge in [-0.05, 0) is 30.5 Å². The zero-order valence-electron chi connectivity index (χ0n) is 12.1. The van der Waals surface area contributed by atoms with Crippen LogP contribution in [0.3, 0.4) is 0 Å². The SMILES string of the molecule is CC1CC(=O)N(CCCC(=O)Nc2ccc(Cl)c(N)c2)C1. The van der Waals surface area contributed by atoms with Crippen molar-refractivity contribution in [2.75, 3.05) is 24.1 Å². The third kappa shape index (κ3) is 4.36. The predicted molar refractivity (Wildman–Crippen MR) is 84.1 cm³/mol. The molecule has 6 heteroatoms. The van der Waals surface area contributed by atoms with Crippen molar-refractivity contribution < 1.29 is 9.59 Å². The lowest BCUT2D eigenvalue weighted by molar-refractivity contribution is -0.128. The van der Waals surface area contributed by atoms with Crippen molar-refractivity contribution >= 4 is 34.8 Å². The number of amides is 2. The standard InChI is InChI=1S/C15H20ClN3O2/c1-10-7-15(21)19(9-10)6-2-3-14(20)18-11-4-5-12(16)13(17)8-11/h4-5,8,10H,2-3,6-7,9,17H2,1H3,(H,18,20). The summed E-state index contributed by atoms with van der Waals surface area (Å²) in [4.78, 5) is 25.3. The number of hydrogen-bond donors (Lipinski definition) is 2. The zero-order chi connectivity index (χ0) is 15.4. The molecule has 2 amide bonds. The van der Waals surface area contributed by atoms with Gasteiger partial charge in [-0.3, -0.25) is 9.59 Å². The summed E-state index contributed by atoms with van der Waals surface area (Å²) in [6.45, 7) is 3.50. The van der Waals surface area contributed by atoms with Crippen LogP contribution in [0.1, 0.15) is 26.2 Å². The Bertz CT molecular complexity index is 548. The molecule has 0 saturated carbocycles. The third-order valence-corrected chi connectivity index (χ3v) is 3.86. The Morgan fingerprint density at radius 1 is 1.52 bits per heavy atom. The van der Waals surface area contributed by atoms with Gasteiger partial charge in [-0.2, -0.15) is 0 Å². The number of hydrogen-bond acceptors (Lipinski definition) is 3. The quantitative estimate of drug-likeness (QED) is 0.821. The number of nitrogens with one attached hydrogen (secondary N) is 1. The van der Waals surface area contributed by atoms with Gasteiger partial charge in [-0.15, -0.1) is 0 Å². The van der Waals surface area contributed by atoms with E-state index in [-0.39, 0.29) is 11.8 Å². The van der Waals surface area contributed by atoms with Crippen LogP contribution in [0.2, 0.25) is 5.02 Å². The highest BCUT2D eigenvalue weighted by Gasteiger charge is 2.25. The number of nitrogen functional groups attached to an aromatic ring is 1. The second-order valence-electron chi connectivity index (χ2n) is 5.54. The maximum Gasteiger partial charge on any atom is 0.224 e. The van der Waals surface area contributed by atoms with Gasteiger partial charge in [0.15, 0.2) is 0 Å². The number of nitrogens with zero attached hydrogens (tertiary/aromatic N) is 1. The van der Waals surface area contributed by atoms with Crippen LogP contribution in [0.15, 0.2) is 18.2 Å². The van der Waals surface area contributed by atoms with Gasteiger partial charge < -0.3 is 16.0 Å². The van der Waals surface area contributed by atoms with Crippen LogP contribution in [-0.4, -0.2) is 29.8 Å². The van der Waals surface area contributed by atoms with Crippen molar-refractivity contribution in [1.29, 1.82) is 0 Å². The van der Waals surface area contributed by atoms with E-state index < -0.39 is 0 Å². The van der Waals surface area contributed by atoms with Crippen molar-refractivity contribution in [2.24, 2.45) is 5.92 Å². The van der Waals surface area contributed by atoms with E-state index in [1.165, 1.54) is 0 Å². The molecule has 1 atom stereocenters. The molecule has 5 nitrogen and oxygen atoms in total. The highest BCUT2D eigenvalue weighted by Crippen LogP contribution is 2.22. The minimum atomic E-state index is -0.0867. The van der Waals surface area contributed by atoms with Crippen LogP contribution in [0.25, 0.3) is 0 Å². The third-order valence-electron chi connectivity index (χ3n) is 3.52. The second kappa shape index (κ2) is 6.80. The average molecular weight is 310 g/mol. The molecule has 1 aromatic carbocycles. The number of nitrogens with two attached hydrogens (primary N) is 1. The van der Waals surface area contributed by atoms with Gasteiger partial charge in [0.25, 0.3) is 0 Å². The topological polar surface area (TPSA) is 75.4 Å². The molecule has 1 unspecified atom stereocenters. The number of rotatable bonds is 5. The summed E-state index contributed by atoms with van der Waals surface area (Å²) in [7, 11) is 0. The summed E-state index contributed by atoms with van der Waals surface area (Å²) in [6.07, 6.45) is 1.66. The largest absolute Gasteiger partial charge is 0.397 e. The fourth-order valence-electron chi connectivity index (χ4n) is 2.46. The number of likely N-dealkylation sites (tertiary alicyclic amines) is 1. The number of benzene rings is 1. The van der Waals surface area contributed by atoms with E-state index in [4.69, 9.17) is 17.3 Å². The first kappa shape index (κ1) is 15.6. The van der Waals surface area contributed by atoms with E-state index in [0.29, 0.717) is 48.1 Å². The summed E-state index contributed by atoms with van der Waals surface area (Å²) in [5.41, 5.74) is 6.75. The molecule has 1 aliphatic heterocycles. The Labute approximate surface area is 129 Å². The maximum absolute atomic E-state index is 11.8. The summed E-state index contributed by atoms with van der Waals surface area (Å²) < 4.78 is 0. The smallest absolute Gasteiger partial charge is 0.224 e. The molecular weight excluding hydrogens is 290 g/mol. The molecule has 3 N–H and O–H groups in total. The molecule has 0 bridgehead atoms. The Balaban J connectivity index is 1.75. The Kier molecular flexibility index (Phi) is 5.07. The average Bonchev–Trinajstić information content (AvgIpc) is 2.72. The van der Waals surface area contributed by atoms with E-state index in [2.05, 4.69) is 12.2 Å². The molecule has 2 rings (SSSR count). The zero-order valence-corrected chi connectivity index (χ0v) is 12.8. The lowest BCUT2D eigenvalue weighted by Crippen LogP contribution is -2.27. The van der Waals surface area contributed by atoms with Crippen molar-refractivity contribution in [1.82, 2.24) is 4.90 Å². The van der Waals surface area contributed by atoms with Crippen LogP contribution in [0.4, 0.5) is 11.4 Å². The molecule has 0 aromatic heterocycles. The fraction of sp³-hybridized carbons (Fsp3) is 0.467. The lowest BCUT2D eigenvalue weighted by atomic mass is 10.2. The predicted octanol–water partition coefficient (Wildman–Crippen LogP) is 2.51. The number of halogens is 1. The summed E-state index contributed by atoms with van der Waals surface area (Å²) >= 11 is 5.82. The number of carbonyl (C=O) groups is 2. The van der Waals surface area contributed by atoms with E-state index in [1.807, 2.05) is 4.90 Å². The van der Waals surface area contributed by atoms with Crippen molar-refractivity contribution in [3.63, 3.8) is 0 Å². The van der Waals surface area contributed by atoms with Crippen LogP contribution >= 0.6 is 11.6 Å². The molecule has 21 heavy (non-hydrogen) atoms. The Morgan fingerprint density at radius 3 is 2.90 bits per heavy atom. The molecular formula is C15H20ClN3O2. The van der Waals surface area contributed by atoms with E-state index in [1.54, 1.807) is 18.2 Å². The first-order chi connectivity index (χ1) is 9.95. The minimum absolute atomic E-state index is 0.0867. The van der Waals surface area contributed by atoms with Crippen molar-refractivity contribution in [2.45, 2.75) is 26.2 Å². The highest BCUT2D eigenvalue weighted by atomic mass is 35.5. The molecule has 0 radical (unpaired) electrons. The van der Waals surface area contributed by atoms with Crippen molar-refractivity contribution in [3.05, 3.63) is 23.2 Å². The fourth-order valence-corrected chi connectivity index (χ4v) is 2.58. The first-order valence-electron chi connectivity index (χ1n) is 7.08. The van der Waals surface area contributed by atoms with Gasteiger partial charge in [-0.25, -0.2) is 0 Å². The van der Waals surface area contributed by atoms with Crippen LogP contribution in [0, 0.1) is 5.92 Å². The first-order valence-corrected chi connectivity index (χ1v) is 7.46. The lowest BCUT2D eigenvalue weighted by Gasteiger charge is -2.15. The van der Waals surface area contributed by atoms with Gasteiger partial charge in [0, 0.05) is 31.6 Å². The summed E-state index contributed by atoms with van der Waals surface area (Å²) in [6, 6.07) is 4.99. The monoisotopic (exact) mass is 309 g/mol. The number of carbonyl (C=O) groups excluding carboxylic acids is 2. The second-order valence-corrected chi connectivity index (χ2v) is 5.94. The summed E-state index contributed by atoms with van der Waals surface area (Å²) in [5, 5.41) is 3.24. The van der Waals surface area contributed by atoms with Crippen LogP contribution < -0.4 is 11.1 Å². The van der Waals surface area contributed by atoms with E-state index in [0.717, 1.165) is 6.54 Å². The Hall–Kier alpha value is -1.75. The van der Waals surface area contributed by atoms with E-state index >= 15 is 0 Å². The molecule has 0 spiro atoms. The highest BCUT2D eigenvalue weighted by molar-refractivity contribution is 6.33. The molecule has 1 saturated heterocycles. The normalized spacial score (nSPS) is 18.1. The van der Waals surface area contributed by atoms with Crippen LogP contribution in [-0.2, 0) is 9.59 Å². The molecule has 0 aliphatic carbocycles. The maximum atomic E-state index is 11.8. The summed E-state index contributed by atoms with van der Waals surface area (Å²) in [5.74, 6) is 0.521. The molecule has 114 valence electrons. The Morgan fingerprint density at radius 2 is 2.29 bits per heavy atom. The van der Waals surface area contributed by atoms with E-state index in [9.17, 15) is 9.59 Å².